The average Bonchev–Trinajstić information content (AvgIpc) is 3.17. The lowest BCUT2D eigenvalue weighted by molar-refractivity contribution is 0.102. The Labute approximate surface area is 176 Å². The standard InChI is InChI=1S/C18H17ClN4O4S2/c1-2-27-15-6-4-3-5-13(15)11-20-29(25,26)18-23-22-17(28-18)21-16(24)12-7-9-14(19)10-8-12/h3-10,20H,2,11H2,1H3,(H,21,22,24). The quantitative estimate of drug-likeness (QED) is 0.507. The average molecular weight is 453 g/mol. The Morgan fingerprint density at radius 2 is 1.86 bits per heavy atom. The van der Waals surface area contributed by atoms with E-state index in [0.29, 0.717) is 28.5 Å². The minimum Gasteiger partial charge on any atom is -0.494 e. The number of amides is 1. The van der Waals surface area contributed by atoms with Crippen LogP contribution in [0.2, 0.25) is 5.02 Å². The van der Waals surface area contributed by atoms with Gasteiger partial charge in [-0.2, -0.15) is 0 Å². The minimum atomic E-state index is -3.90. The van der Waals surface area contributed by atoms with Crippen LogP contribution in [0.4, 0.5) is 5.13 Å². The molecule has 0 bridgehead atoms. The molecule has 152 valence electrons. The number of carbonyl (C=O) groups is 1. The summed E-state index contributed by atoms with van der Waals surface area (Å²) in [4.78, 5) is 12.2. The van der Waals surface area contributed by atoms with E-state index in [1.807, 2.05) is 13.0 Å². The first-order valence-corrected chi connectivity index (χ1v) is 11.2. The van der Waals surface area contributed by atoms with Crippen LogP contribution in [0.1, 0.15) is 22.8 Å². The Kier molecular flexibility index (Phi) is 6.80. The number of halogens is 1. The number of anilines is 1. The summed E-state index contributed by atoms with van der Waals surface area (Å²) in [6.07, 6.45) is 0. The molecule has 2 N–H and O–H groups in total. The fraction of sp³-hybridized carbons (Fsp3) is 0.167. The molecule has 0 unspecified atom stereocenters. The van der Waals surface area contributed by atoms with Crippen LogP contribution in [-0.4, -0.2) is 31.1 Å². The fourth-order valence-electron chi connectivity index (χ4n) is 2.32. The van der Waals surface area contributed by atoms with Crippen molar-refractivity contribution in [2.45, 2.75) is 17.8 Å². The number of hydrogen-bond acceptors (Lipinski definition) is 7. The Bertz CT molecular complexity index is 1100. The van der Waals surface area contributed by atoms with Crippen molar-refractivity contribution in [3.8, 4) is 5.75 Å². The summed E-state index contributed by atoms with van der Waals surface area (Å²) in [5, 5.41) is 10.5. The number of para-hydroxylation sites is 1. The smallest absolute Gasteiger partial charge is 0.270 e. The summed E-state index contributed by atoms with van der Waals surface area (Å²) in [6, 6.07) is 13.4. The molecule has 0 spiro atoms. The third-order valence-corrected chi connectivity index (χ3v) is 6.55. The van der Waals surface area contributed by atoms with Gasteiger partial charge in [0.2, 0.25) is 9.47 Å². The lowest BCUT2D eigenvalue weighted by Crippen LogP contribution is -2.23. The largest absolute Gasteiger partial charge is 0.494 e. The van der Waals surface area contributed by atoms with Crippen molar-refractivity contribution in [2.75, 3.05) is 11.9 Å². The van der Waals surface area contributed by atoms with Crippen molar-refractivity contribution in [3.63, 3.8) is 0 Å². The van der Waals surface area contributed by atoms with Gasteiger partial charge in [0.25, 0.3) is 15.9 Å². The van der Waals surface area contributed by atoms with Gasteiger partial charge in [0, 0.05) is 22.7 Å². The van der Waals surface area contributed by atoms with Crippen molar-refractivity contribution in [2.24, 2.45) is 0 Å². The summed E-state index contributed by atoms with van der Waals surface area (Å²) in [7, 11) is -3.90. The van der Waals surface area contributed by atoms with Crippen molar-refractivity contribution in [1.82, 2.24) is 14.9 Å². The van der Waals surface area contributed by atoms with E-state index in [9.17, 15) is 13.2 Å². The Hall–Kier alpha value is -2.53. The highest BCUT2D eigenvalue weighted by atomic mass is 35.5. The monoisotopic (exact) mass is 452 g/mol. The van der Waals surface area contributed by atoms with Crippen molar-refractivity contribution < 1.29 is 17.9 Å². The lowest BCUT2D eigenvalue weighted by atomic mass is 10.2. The number of rotatable bonds is 8. The van der Waals surface area contributed by atoms with E-state index in [0.717, 1.165) is 11.3 Å². The van der Waals surface area contributed by atoms with Gasteiger partial charge >= 0.3 is 0 Å². The second kappa shape index (κ2) is 9.31. The van der Waals surface area contributed by atoms with Crippen LogP contribution in [-0.2, 0) is 16.6 Å². The molecule has 11 heteroatoms. The maximum absolute atomic E-state index is 12.5. The van der Waals surface area contributed by atoms with E-state index >= 15 is 0 Å². The summed E-state index contributed by atoms with van der Waals surface area (Å²) in [5.74, 6) is 0.159. The number of sulfonamides is 1. The molecule has 1 amide bonds. The molecule has 8 nitrogen and oxygen atoms in total. The van der Waals surface area contributed by atoms with E-state index < -0.39 is 15.9 Å². The molecule has 0 radical (unpaired) electrons. The predicted molar refractivity (Wildman–Crippen MR) is 111 cm³/mol. The van der Waals surface area contributed by atoms with Crippen LogP contribution < -0.4 is 14.8 Å². The summed E-state index contributed by atoms with van der Waals surface area (Å²) < 4.78 is 32.7. The molecule has 0 aliphatic heterocycles. The van der Waals surface area contributed by atoms with E-state index in [4.69, 9.17) is 16.3 Å². The number of nitrogens with one attached hydrogen (secondary N) is 2. The molecule has 1 aromatic heterocycles. The molecule has 0 saturated carbocycles. The second-order valence-corrected chi connectivity index (χ2v) is 9.05. The number of hydrogen-bond donors (Lipinski definition) is 2. The van der Waals surface area contributed by atoms with Gasteiger partial charge in [-0.25, -0.2) is 13.1 Å². The molecular formula is C18H17ClN4O4S2. The number of benzene rings is 2. The summed E-state index contributed by atoms with van der Waals surface area (Å²) >= 11 is 6.55. The zero-order valence-corrected chi connectivity index (χ0v) is 17.6. The number of carbonyl (C=O) groups excluding carboxylic acids is 1. The van der Waals surface area contributed by atoms with Gasteiger partial charge in [0.15, 0.2) is 0 Å². The SMILES string of the molecule is CCOc1ccccc1CNS(=O)(=O)c1nnc(NC(=O)c2ccc(Cl)cc2)s1. The molecule has 2 aromatic carbocycles. The highest BCUT2D eigenvalue weighted by Crippen LogP contribution is 2.22. The van der Waals surface area contributed by atoms with Gasteiger partial charge in [-0.3, -0.25) is 10.1 Å². The van der Waals surface area contributed by atoms with E-state index in [2.05, 4.69) is 20.2 Å². The Morgan fingerprint density at radius 3 is 2.59 bits per heavy atom. The maximum atomic E-state index is 12.5. The van der Waals surface area contributed by atoms with Gasteiger partial charge < -0.3 is 4.74 Å². The number of ether oxygens (including phenoxy) is 1. The molecule has 0 fully saturated rings. The molecule has 0 atom stereocenters. The van der Waals surface area contributed by atoms with E-state index in [1.54, 1.807) is 42.5 Å². The normalized spacial score (nSPS) is 11.2. The van der Waals surface area contributed by atoms with Crippen molar-refractivity contribution in [3.05, 3.63) is 64.7 Å². The topological polar surface area (TPSA) is 110 Å². The minimum absolute atomic E-state index is 0.0323. The fourth-order valence-corrected chi connectivity index (χ4v) is 4.39. The summed E-state index contributed by atoms with van der Waals surface area (Å²) in [5.41, 5.74) is 1.05. The van der Waals surface area contributed by atoms with Gasteiger partial charge in [-0.15, -0.1) is 10.2 Å². The zero-order chi connectivity index (χ0) is 20.9. The number of aromatic nitrogens is 2. The molecule has 0 aliphatic rings. The van der Waals surface area contributed by atoms with Gasteiger partial charge in [0.05, 0.1) is 6.61 Å². The molecule has 0 saturated heterocycles. The second-order valence-electron chi connectivity index (χ2n) is 5.70. The Balaban J connectivity index is 1.67. The first-order valence-electron chi connectivity index (χ1n) is 8.50. The molecular weight excluding hydrogens is 436 g/mol. The first-order chi connectivity index (χ1) is 13.9. The third-order valence-electron chi connectivity index (χ3n) is 3.69. The molecule has 3 rings (SSSR count). The van der Waals surface area contributed by atoms with Gasteiger partial charge in [-0.1, -0.05) is 41.1 Å². The highest BCUT2D eigenvalue weighted by Gasteiger charge is 2.21. The highest BCUT2D eigenvalue weighted by molar-refractivity contribution is 7.91. The van der Waals surface area contributed by atoms with Crippen LogP contribution >= 0.6 is 22.9 Å². The Morgan fingerprint density at radius 1 is 1.14 bits per heavy atom. The maximum Gasteiger partial charge on any atom is 0.270 e. The van der Waals surface area contributed by atoms with Crippen LogP contribution in [0.5, 0.6) is 5.75 Å². The molecule has 0 aliphatic carbocycles. The van der Waals surface area contributed by atoms with Crippen LogP contribution in [0.25, 0.3) is 0 Å². The molecule has 29 heavy (non-hydrogen) atoms. The molecule has 3 aromatic rings. The van der Waals surface area contributed by atoms with E-state index in [-0.39, 0.29) is 16.0 Å². The predicted octanol–water partition coefficient (Wildman–Crippen LogP) is 3.32. The van der Waals surface area contributed by atoms with Crippen LogP contribution in [0, 0.1) is 0 Å². The first kappa shape index (κ1) is 21.2. The third kappa shape index (κ3) is 5.51. The van der Waals surface area contributed by atoms with E-state index in [1.165, 1.54) is 0 Å². The number of nitrogens with zero attached hydrogens (tertiary/aromatic N) is 2. The van der Waals surface area contributed by atoms with Crippen LogP contribution in [0.15, 0.2) is 52.9 Å². The van der Waals surface area contributed by atoms with Crippen molar-refractivity contribution >= 4 is 44.0 Å². The molecule has 1 heterocycles. The van der Waals surface area contributed by atoms with Gasteiger partial charge in [0.1, 0.15) is 5.75 Å². The van der Waals surface area contributed by atoms with Gasteiger partial charge in [-0.05, 0) is 37.3 Å². The summed E-state index contributed by atoms with van der Waals surface area (Å²) in [6.45, 7) is 2.35. The van der Waals surface area contributed by atoms with Crippen LogP contribution in [0.3, 0.4) is 0 Å². The van der Waals surface area contributed by atoms with Crippen molar-refractivity contribution in [1.29, 1.82) is 0 Å². The lowest BCUT2D eigenvalue weighted by Gasteiger charge is -2.10. The zero-order valence-electron chi connectivity index (χ0n) is 15.3.